The normalized spacial score (nSPS) is 10.6. The quantitative estimate of drug-likeness (QED) is 0.616. The zero-order valence-electron chi connectivity index (χ0n) is 7.34. The molecular formula is C10H9F2IO. The van der Waals surface area contributed by atoms with E-state index in [1.165, 1.54) is 12.1 Å². The smallest absolute Gasteiger partial charge is 0.263 e. The van der Waals surface area contributed by atoms with E-state index in [1.807, 2.05) is 22.6 Å². The molecule has 0 aliphatic carbocycles. The number of hydrogen-bond acceptors (Lipinski definition) is 1. The molecule has 0 saturated carbocycles. The van der Waals surface area contributed by atoms with Crippen molar-refractivity contribution in [2.24, 2.45) is 0 Å². The van der Waals surface area contributed by atoms with E-state index < -0.39 is 6.43 Å². The molecule has 0 saturated heterocycles. The van der Waals surface area contributed by atoms with Crippen molar-refractivity contribution in [3.8, 4) is 0 Å². The van der Waals surface area contributed by atoms with Gasteiger partial charge in [-0.2, -0.15) is 0 Å². The van der Waals surface area contributed by atoms with E-state index in [9.17, 15) is 13.6 Å². The van der Waals surface area contributed by atoms with Gasteiger partial charge in [0.25, 0.3) is 6.43 Å². The molecule has 0 fully saturated rings. The molecule has 0 aliphatic rings. The van der Waals surface area contributed by atoms with Crippen LogP contribution >= 0.6 is 22.6 Å². The zero-order chi connectivity index (χ0) is 10.6. The Balaban J connectivity index is 2.84. The molecule has 1 rings (SSSR count). The van der Waals surface area contributed by atoms with Crippen LogP contribution in [0.2, 0.25) is 0 Å². The Morgan fingerprint density at radius 1 is 1.43 bits per heavy atom. The van der Waals surface area contributed by atoms with Crippen LogP contribution in [-0.4, -0.2) is 6.29 Å². The topological polar surface area (TPSA) is 17.1 Å². The van der Waals surface area contributed by atoms with Crippen molar-refractivity contribution < 1.29 is 13.6 Å². The second-order valence-corrected chi connectivity index (χ2v) is 4.02. The van der Waals surface area contributed by atoms with E-state index in [1.54, 1.807) is 6.07 Å². The molecule has 1 aromatic rings. The highest BCUT2D eigenvalue weighted by Crippen LogP contribution is 2.23. The lowest BCUT2D eigenvalue weighted by Gasteiger charge is -2.05. The van der Waals surface area contributed by atoms with E-state index >= 15 is 0 Å². The molecule has 0 radical (unpaired) electrons. The van der Waals surface area contributed by atoms with Crippen molar-refractivity contribution >= 4 is 28.9 Å². The van der Waals surface area contributed by atoms with Crippen molar-refractivity contribution in [2.75, 3.05) is 0 Å². The van der Waals surface area contributed by atoms with Crippen LogP contribution in [0, 0.1) is 3.57 Å². The van der Waals surface area contributed by atoms with Gasteiger partial charge in [-0.1, -0.05) is 12.1 Å². The summed E-state index contributed by atoms with van der Waals surface area (Å²) >= 11 is 2.01. The number of halogens is 3. The fourth-order valence-corrected chi connectivity index (χ4v) is 1.93. The maximum Gasteiger partial charge on any atom is 0.263 e. The van der Waals surface area contributed by atoms with Crippen molar-refractivity contribution in [3.05, 3.63) is 32.9 Å². The van der Waals surface area contributed by atoms with Crippen molar-refractivity contribution in [1.82, 2.24) is 0 Å². The summed E-state index contributed by atoms with van der Waals surface area (Å²) in [6.45, 7) is 0. The summed E-state index contributed by atoms with van der Waals surface area (Å²) in [5.41, 5.74) is 0.978. The van der Waals surface area contributed by atoms with Crippen LogP contribution < -0.4 is 0 Å². The Labute approximate surface area is 94.6 Å². The van der Waals surface area contributed by atoms with Crippen LogP contribution in [-0.2, 0) is 11.2 Å². The van der Waals surface area contributed by atoms with Gasteiger partial charge in [-0.3, -0.25) is 0 Å². The van der Waals surface area contributed by atoms with Crippen molar-refractivity contribution in [3.63, 3.8) is 0 Å². The molecule has 0 bridgehead atoms. The lowest BCUT2D eigenvalue weighted by molar-refractivity contribution is -0.107. The van der Waals surface area contributed by atoms with Crippen LogP contribution in [0.3, 0.4) is 0 Å². The standard InChI is InChI=1S/C10H9F2IO/c11-10(12)8-4-3-7(2-1-5-14)9(13)6-8/h3-6,10H,1-2H2. The second kappa shape index (κ2) is 5.38. The molecule has 4 heteroatoms. The second-order valence-electron chi connectivity index (χ2n) is 2.86. The fourth-order valence-electron chi connectivity index (χ4n) is 1.12. The van der Waals surface area contributed by atoms with Gasteiger partial charge in [0.15, 0.2) is 0 Å². The Morgan fingerprint density at radius 2 is 2.14 bits per heavy atom. The maximum absolute atomic E-state index is 12.3. The van der Waals surface area contributed by atoms with Crippen LogP contribution in [0.5, 0.6) is 0 Å². The molecule has 0 aliphatic heterocycles. The van der Waals surface area contributed by atoms with E-state index in [0.717, 1.165) is 15.4 Å². The van der Waals surface area contributed by atoms with Gasteiger partial charge in [0, 0.05) is 15.6 Å². The molecular weight excluding hydrogens is 301 g/mol. The molecule has 0 spiro atoms. The number of carbonyl (C=O) groups is 1. The molecule has 1 nitrogen and oxygen atoms in total. The van der Waals surface area contributed by atoms with E-state index in [-0.39, 0.29) is 5.56 Å². The predicted molar refractivity (Wildman–Crippen MR) is 58.5 cm³/mol. The maximum atomic E-state index is 12.3. The summed E-state index contributed by atoms with van der Waals surface area (Å²) in [7, 11) is 0. The Kier molecular flexibility index (Phi) is 4.44. The van der Waals surface area contributed by atoms with Gasteiger partial charge in [-0.15, -0.1) is 0 Å². The highest BCUT2D eigenvalue weighted by atomic mass is 127. The first-order valence-electron chi connectivity index (χ1n) is 4.15. The number of aryl methyl sites for hydroxylation is 1. The van der Waals surface area contributed by atoms with Crippen molar-refractivity contribution in [1.29, 1.82) is 0 Å². The largest absolute Gasteiger partial charge is 0.303 e. The third-order valence-corrected chi connectivity index (χ3v) is 2.86. The van der Waals surface area contributed by atoms with Crippen LogP contribution in [0.4, 0.5) is 8.78 Å². The molecule has 0 heterocycles. The molecule has 76 valence electrons. The minimum absolute atomic E-state index is 0.0317. The number of alkyl halides is 2. The first kappa shape index (κ1) is 11.6. The van der Waals surface area contributed by atoms with Gasteiger partial charge in [-0.05, 0) is 40.6 Å². The number of benzene rings is 1. The Hall–Kier alpha value is -0.520. The Bertz CT molecular complexity index is 326. The van der Waals surface area contributed by atoms with E-state index in [2.05, 4.69) is 0 Å². The SMILES string of the molecule is O=CCCc1ccc(C(F)F)cc1I. The van der Waals surface area contributed by atoms with Crippen molar-refractivity contribution in [2.45, 2.75) is 19.3 Å². The molecule has 0 atom stereocenters. The summed E-state index contributed by atoms with van der Waals surface area (Å²) in [5, 5.41) is 0. The average Bonchev–Trinajstić information content (AvgIpc) is 2.15. The van der Waals surface area contributed by atoms with Gasteiger partial charge in [0.05, 0.1) is 0 Å². The zero-order valence-corrected chi connectivity index (χ0v) is 9.50. The van der Waals surface area contributed by atoms with Crippen LogP contribution in [0.15, 0.2) is 18.2 Å². The highest BCUT2D eigenvalue weighted by Gasteiger charge is 2.08. The summed E-state index contributed by atoms with van der Waals surface area (Å²) in [6, 6.07) is 4.53. The lowest BCUT2D eigenvalue weighted by Crippen LogP contribution is -1.93. The Morgan fingerprint density at radius 3 is 2.64 bits per heavy atom. The molecule has 0 unspecified atom stereocenters. The molecule has 14 heavy (non-hydrogen) atoms. The molecule has 0 N–H and O–H groups in total. The van der Waals surface area contributed by atoms with E-state index in [0.29, 0.717) is 12.8 Å². The van der Waals surface area contributed by atoms with Crippen LogP contribution in [0.25, 0.3) is 0 Å². The van der Waals surface area contributed by atoms with Gasteiger partial charge < -0.3 is 4.79 Å². The predicted octanol–water partition coefficient (Wildman–Crippen LogP) is 3.36. The van der Waals surface area contributed by atoms with Gasteiger partial charge in [-0.25, -0.2) is 8.78 Å². The summed E-state index contributed by atoms with van der Waals surface area (Å²) < 4.78 is 25.3. The number of carbonyl (C=O) groups excluding carboxylic acids is 1. The average molecular weight is 310 g/mol. The molecule has 1 aromatic carbocycles. The number of rotatable bonds is 4. The van der Waals surface area contributed by atoms with Gasteiger partial charge in [0.1, 0.15) is 6.29 Å². The lowest BCUT2D eigenvalue weighted by atomic mass is 10.1. The number of aldehydes is 1. The summed E-state index contributed by atoms with van der Waals surface area (Å²) in [6.07, 6.45) is -0.546. The minimum Gasteiger partial charge on any atom is -0.303 e. The summed E-state index contributed by atoms with van der Waals surface area (Å²) in [5.74, 6) is 0. The first-order chi connectivity index (χ1) is 6.65. The summed E-state index contributed by atoms with van der Waals surface area (Å²) in [4.78, 5) is 10.1. The van der Waals surface area contributed by atoms with Crippen LogP contribution in [0.1, 0.15) is 24.0 Å². The minimum atomic E-state index is -2.43. The third kappa shape index (κ3) is 3.01. The van der Waals surface area contributed by atoms with E-state index in [4.69, 9.17) is 0 Å². The van der Waals surface area contributed by atoms with Gasteiger partial charge in [0.2, 0.25) is 0 Å². The molecule has 0 aromatic heterocycles. The highest BCUT2D eigenvalue weighted by molar-refractivity contribution is 14.1. The number of hydrogen-bond donors (Lipinski definition) is 0. The molecule has 0 amide bonds. The fraction of sp³-hybridized carbons (Fsp3) is 0.300. The third-order valence-electron chi connectivity index (χ3n) is 1.86. The van der Waals surface area contributed by atoms with Gasteiger partial charge >= 0.3 is 0 Å². The monoisotopic (exact) mass is 310 g/mol. The first-order valence-corrected chi connectivity index (χ1v) is 5.23.